The monoisotopic (exact) mass is 314 g/mol. The molecule has 0 amide bonds. The third-order valence-corrected chi connectivity index (χ3v) is 3.85. The standard InChI is InChI=1S/C15H23BrO2/c1-15(2,3)13(9-16)11-18-14-7-5-6-12(8-14)10-17-4/h5-8,13H,9-11H2,1-4H3. The molecule has 0 aliphatic carbocycles. The van der Waals surface area contributed by atoms with Crippen LogP contribution < -0.4 is 4.74 Å². The van der Waals surface area contributed by atoms with Gasteiger partial charge < -0.3 is 9.47 Å². The van der Waals surface area contributed by atoms with E-state index in [0.717, 1.165) is 23.2 Å². The predicted octanol–water partition coefficient (Wildman–Crippen LogP) is 4.27. The molecule has 0 N–H and O–H groups in total. The van der Waals surface area contributed by atoms with E-state index in [4.69, 9.17) is 9.47 Å². The molecule has 18 heavy (non-hydrogen) atoms. The van der Waals surface area contributed by atoms with Gasteiger partial charge in [-0.15, -0.1) is 0 Å². The van der Waals surface area contributed by atoms with Gasteiger partial charge in [-0.05, 0) is 23.1 Å². The third-order valence-electron chi connectivity index (χ3n) is 3.07. The molecule has 0 aliphatic rings. The molecule has 1 aromatic carbocycles. The van der Waals surface area contributed by atoms with Crippen molar-refractivity contribution in [3.05, 3.63) is 29.8 Å². The van der Waals surface area contributed by atoms with E-state index in [-0.39, 0.29) is 5.41 Å². The van der Waals surface area contributed by atoms with Crippen molar-refractivity contribution in [1.29, 1.82) is 0 Å². The molecule has 102 valence electrons. The minimum Gasteiger partial charge on any atom is -0.493 e. The Balaban J connectivity index is 2.59. The van der Waals surface area contributed by atoms with Crippen LogP contribution in [0.2, 0.25) is 0 Å². The summed E-state index contributed by atoms with van der Waals surface area (Å²) in [5.41, 5.74) is 1.38. The van der Waals surface area contributed by atoms with Crippen LogP contribution in [0.4, 0.5) is 0 Å². The van der Waals surface area contributed by atoms with Gasteiger partial charge in [0.2, 0.25) is 0 Å². The van der Waals surface area contributed by atoms with Crippen molar-refractivity contribution in [2.45, 2.75) is 27.4 Å². The summed E-state index contributed by atoms with van der Waals surface area (Å²) in [4.78, 5) is 0. The van der Waals surface area contributed by atoms with Crippen molar-refractivity contribution in [1.82, 2.24) is 0 Å². The number of alkyl halides is 1. The van der Waals surface area contributed by atoms with Gasteiger partial charge in [-0.25, -0.2) is 0 Å². The normalized spacial score (nSPS) is 13.4. The Hall–Kier alpha value is -0.540. The summed E-state index contributed by atoms with van der Waals surface area (Å²) in [6, 6.07) is 8.08. The molecule has 0 saturated heterocycles. The van der Waals surface area contributed by atoms with Gasteiger partial charge >= 0.3 is 0 Å². The second-order valence-corrected chi connectivity index (χ2v) is 6.26. The van der Waals surface area contributed by atoms with Crippen molar-refractivity contribution >= 4 is 15.9 Å². The van der Waals surface area contributed by atoms with E-state index in [1.54, 1.807) is 7.11 Å². The molecular weight excluding hydrogens is 292 g/mol. The quantitative estimate of drug-likeness (QED) is 0.730. The van der Waals surface area contributed by atoms with Gasteiger partial charge in [0.25, 0.3) is 0 Å². The summed E-state index contributed by atoms with van der Waals surface area (Å²) in [5, 5.41) is 0.953. The van der Waals surface area contributed by atoms with Crippen LogP contribution in [0.25, 0.3) is 0 Å². The lowest BCUT2D eigenvalue weighted by atomic mass is 9.83. The van der Waals surface area contributed by atoms with E-state index < -0.39 is 0 Å². The number of halogens is 1. The molecule has 0 aromatic heterocycles. The lowest BCUT2D eigenvalue weighted by Gasteiger charge is -2.29. The fourth-order valence-corrected chi connectivity index (χ4v) is 2.77. The molecule has 0 saturated carbocycles. The molecule has 0 fully saturated rings. The second-order valence-electron chi connectivity index (χ2n) is 5.61. The number of benzene rings is 1. The van der Waals surface area contributed by atoms with Crippen LogP contribution in [0.5, 0.6) is 5.75 Å². The third kappa shape index (κ3) is 4.99. The van der Waals surface area contributed by atoms with Gasteiger partial charge in [-0.3, -0.25) is 0 Å². The molecule has 3 heteroatoms. The topological polar surface area (TPSA) is 18.5 Å². The van der Waals surface area contributed by atoms with Gasteiger partial charge in [-0.2, -0.15) is 0 Å². The number of rotatable bonds is 6. The number of hydrogen-bond donors (Lipinski definition) is 0. The molecule has 0 bridgehead atoms. The van der Waals surface area contributed by atoms with Crippen molar-refractivity contribution in [2.24, 2.45) is 11.3 Å². The van der Waals surface area contributed by atoms with Gasteiger partial charge in [0, 0.05) is 18.4 Å². The predicted molar refractivity (Wildman–Crippen MR) is 79.4 cm³/mol. The summed E-state index contributed by atoms with van der Waals surface area (Å²) in [6.45, 7) is 8.07. The highest BCUT2D eigenvalue weighted by Gasteiger charge is 2.24. The van der Waals surface area contributed by atoms with Crippen molar-refractivity contribution < 1.29 is 9.47 Å². The maximum absolute atomic E-state index is 5.89. The van der Waals surface area contributed by atoms with E-state index in [0.29, 0.717) is 12.5 Å². The fourth-order valence-electron chi connectivity index (χ4n) is 1.61. The van der Waals surface area contributed by atoms with Crippen LogP contribution in [0.1, 0.15) is 26.3 Å². The van der Waals surface area contributed by atoms with Crippen LogP contribution in [-0.2, 0) is 11.3 Å². The Kier molecular flexibility index (Phi) is 6.16. The molecule has 0 heterocycles. The van der Waals surface area contributed by atoms with Crippen LogP contribution in [0, 0.1) is 11.3 Å². The molecule has 0 radical (unpaired) electrons. The molecule has 0 spiro atoms. The number of ether oxygens (including phenoxy) is 2. The highest BCUT2D eigenvalue weighted by Crippen LogP contribution is 2.28. The largest absolute Gasteiger partial charge is 0.493 e. The molecular formula is C15H23BrO2. The fraction of sp³-hybridized carbons (Fsp3) is 0.600. The zero-order valence-electron chi connectivity index (χ0n) is 11.7. The number of methoxy groups -OCH3 is 1. The summed E-state index contributed by atoms with van der Waals surface area (Å²) >= 11 is 3.56. The van der Waals surface area contributed by atoms with Crippen LogP contribution in [0.3, 0.4) is 0 Å². The smallest absolute Gasteiger partial charge is 0.119 e. The summed E-state index contributed by atoms with van der Waals surface area (Å²) in [5.74, 6) is 1.41. The lowest BCUT2D eigenvalue weighted by molar-refractivity contribution is 0.164. The summed E-state index contributed by atoms with van der Waals surface area (Å²) in [7, 11) is 1.70. The highest BCUT2D eigenvalue weighted by atomic mass is 79.9. The van der Waals surface area contributed by atoms with Gasteiger partial charge in [0.1, 0.15) is 5.75 Å². The van der Waals surface area contributed by atoms with E-state index in [1.165, 1.54) is 0 Å². The minimum absolute atomic E-state index is 0.244. The zero-order valence-corrected chi connectivity index (χ0v) is 13.3. The van der Waals surface area contributed by atoms with Crippen molar-refractivity contribution in [2.75, 3.05) is 19.0 Å². The zero-order chi connectivity index (χ0) is 13.6. The Labute approximate surface area is 119 Å². The number of hydrogen-bond acceptors (Lipinski definition) is 2. The highest BCUT2D eigenvalue weighted by molar-refractivity contribution is 9.09. The van der Waals surface area contributed by atoms with E-state index in [1.807, 2.05) is 24.3 Å². The van der Waals surface area contributed by atoms with E-state index >= 15 is 0 Å². The first-order valence-electron chi connectivity index (χ1n) is 6.24. The lowest BCUT2D eigenvalue weighted by Crippen LogP contribution is -2.27. The molecule has 1 atom stereocenters. The van der Waals surface area contributed by atoms with Gasteiger partial charge in [-0.1, -0.05) is 48.8 Å². The molecule has 1 unspecified atom stereocenters. The van der Waals surface area contributed by atoms with Gasteiger partial charge in [0.15, 0.2) is 0 Å². The van der Waals surface area contributed by atoms with Crippen molar-refractivity contribution in [3.8, 4) is 5.75 Å². The average Bonchev–Trinajstić information content (AvgIpc) is 2.29. The van der Waals surface area contributed by atoms with Crippen LogP contribution in [-0.4, -0.2) is 19.0 Å². The van der Waals surface area contributed by atoms with Crippen LogP contribution >= 0.6 is 15.9 Å². The molecule has 2 nitrogen and oxygen atoms in total. The van der Waals surface area contributed by atoms with Crippen molar-refractivity contribution in [3.63, 3.8) is 0 Å². The first-order valence-corrected chi connectivity index (χ1v) is 7.36. The average molecular weight is 315 g/mol. The first-order chi connectivity index (χ1) is 8.47. The van der Waals surface area contributed by atoms with E-state index in [2.05, 4.69) is 36.7 Å². The van der Waals surface area contributed by atoms with Gasteiger partial charge in [0.05, 0.1) is 13.2 Å². The maximum Gasteiger partial charge on any atom is 0.119 e. The Bertz CT molecular complexity index is 358. The molecule has 0 aliphatic heterocycles. The Morgan fingerprint density at radius 3 is 2.56 bits per heavy atom. The molecule has 1 aromatic rings. The first kappa shape index (κ1) is 15.5. The Morgan fingerprint density at radius 1 is 1.28 bits per heavy atom. The minimum atomic E-state index is 0.244. The summed E-state index contributed by atoms with van der Waals surface area (Å²) < 4.78 is 11.0. The SMILES string of the molecule is COCc1cccc(OCC(CBr)C(C)(C)C)c1. The summed E-state index contributed by atoms with van der Waals surface area (Å²) in [6.07, 6.45) is 0. The Morgan fingerprint density at radius 2 is 2.00 bits per heavy atom. The second kappa shape index (κ2) is 7.15. The van der Waals surface area contributed by atoms with Crippen LogP contribution in [0.15, 0.2) is 24.3 Å². The molecule has 1 rings (SSSR count). The maximum atomic E-state index is 5.89. The van der Waals surface area contributed by atoms with E-state index in [9.17, 15) is 0 Å².